The summed E-state index contributed by atoms with van der Waals surface area (Å²) in [5.41, 5.74) is 0.544. The first-order valence-electron chi connectivity index (χ1n) is 6.30. The molecule has 0 atom stereocenters. The lowest BCUT2D eigenvalue weighted by molar-refractivity contribution is -0.118. The molecule has 2 aromatic carbocycles. The molecule has 0 saturated heterocycles. The van der Waals surface area contributed by atoms with Crippen LogP contribution in [0.4, 0.5) is 0 Å². The molecule has 0 aliphatic rings. The summed E-state index contributed by atoms with van der Waals surface area (Å²) in [7, 11) is 0. The van der Waals surface area contributed by atoms with Gasteiger partial charge in [-0.1, -0.05) is 37.3 Å². The minimum atomic E-state index is -0.0668. The zero-order valence-electron chi connectivity index (χ0n) is 11.1. The maximum atomic E-state index is 12.0. The fourth-order valence-corrected chi connectivity index (χ4v) is 1.98. The van der Waals surface area contributed by atoms with Gasteiger partial charge in [-0.25, -0.2) is 0 Å². The molecule has 0 bridgehead atoms. The first-order chi connectivity index (χ1) is 9.13. The highest BCUT2D eigenvalue weighted by Crippen LogP contribution is 2.30. The number of ketones is 2. The van der Waals surface area contributed by atoms with Crippen molar-refractivity contribution in [2.45, 2.75) is 20.3 Å². The topological polar surface area (TPSA) is 43.4 Å². The average molecular weight is 256 g/mol. The highest BCUT2D eigenvalue weighted by Gasteiger charge is 2.14. The van der Waals surface area contributed by atoms with Crippen LogP contribution in [0.2, 0.25) is 0 Å². The summed E-state index contributed by atoms with van der Waals surface area (Å²) in [6, 6.07) is 11.3. The maximum absolute atomic E-state index is 12.0. The summed E-state index contributed by atoms with van der Waals surface area (Å²) < 4.78 is 5.56. The zero-order valence-corrected chi connectivity index (χ0v) is 11.1. The van der Waals surface area contributed by atoms with E-state index in [4.69, 9.17) is 4.74 Å². The number of Topliss-reactive ketones (excluding diaryl/α,β-unsaturated/α-hetero) is 2. The van der Waals surface area contributed by atoms with Crippen LogP contribution >= 0.6 is 0 Å². The highest BCUT2D eigenvalue weighted by atomic mass is 16.5. The second-order valence-corrected chi connectivity index (χ2v) is 4.43. The molecule has 2 rings (SSSR count). The van der Waals surface area contributed by atoms with E-state index in [1.807, 2.05) is 37.3 Å². The molecule has 0 fully saturated rings. The van der Waals surface area contributed by atoms with Gasteiger partial charge in [0.2, 0.25) is 0 Å². The summed E-state index contributed by atoms with van der Waals surface area (Å²) in [6.07, 6.45) is 0.411. The van der Waals surface area contributed by atoms with Crippen molar-refractivity contribution in [1.82, 2.24) is 0 Å². The lowest BCUT2D eigenvalue weighted by Gasteiger charge is -2.12. The Morgan fingerprint density at radius 1 is 1.11 bits per heavy atom. The SMILES string of the molecule is CCC(=O)c1ccc2ccccc2c1OCC(C)=O. The average Bonchev–Trinajstić information content (AvgIpc) is 2.43. The second kappa shape index (κ2) is 5.65. The van der Waals surface area contributed by atoms with E-state index in [0.29, 0.717) is 17.7 Å². The Labute approximate surface area is 112 Å². The number of ether oxygens (including phenoxy) is 1. The van der Waals surface area contributed by atoms with Gasteiger partial charge >= 0.3 is 0 Å². The van der Waals surface area contributed by atoms with E-state index in [2.05, 4.69) is 0 Å². The molecule has 19 heavy (non-hydrogen) atoms. The third-order valence-corrected chi connectivity index (χ3v) is 2.92. The molecule has 0 amide bonds. The van der Waals surface area contributed by atoms with Crippen molar-refractivity contribution in [1.29, 1.82) is 0 Å². The summed E-state index contributed by atoms with van der Waals surface area (Å²) in [5.74, 6) is 0.465. The number of benzene rings is 2. The molecule has 3 nitrogen and oxygen atoms in total. The molecule has 2 aromatic rings. The summed E-state index contributed by atoms with van der Waals surface area (Å²) in [4.78, 5) is 23.1. The predicted octanol–water partition coefficient (Wildman–Crippen LogP) is 3.40. The molecule has 0 aliphatic heterocycles. The fourth-order valence-electron chi connectivity index (χ4n) is 1.98. The van der Waals surface area contributed by atoms with Gasteiger partial charge in [-0.15, -0.1) is 0 Å². The minimum absolute atomic E-state index is 0.0159. The number of hydrogen-bond donors (Lipinski definition) is 0. The Balaban J connectivity index is 2.57. The Hall–Kier alpha value is -2.16. The Morgan fingerprint density at radius 3 is 2.53 bits per heavy atom. The monoisotopic (exact) mass is 256 g/mol. The maximum Gasteiger partial charge on any atom is 0.167 e. The van der Waals surface area contributed by atoms with E-state index in [-0.39, 0.29) is 18.2 Å². The van der Waals surface area contributed by atoms with Crippen LogP contribution in [-0.4, -0.2) is 18.2 Å². The van der Waals surface area contributed by atoms with Crippen molar-refractivity contribution < 1.29 is 14.3 Å². The lowest BCUT2D eigenvalue weighted by atomic mass is 10.0. The number of carbonyl (C=O) groups is 2. The van der Waals surface area contributed by atoms with Crippen molar-refractivity contribution >= 4 is 22.3 Å². The second-order valence-electron chi connectivity index (χ2n) is 4.43. The minimum Gasteiger partial charge on any atom is -0.484 e. The van der Waals surface area contributed by atoms with Gasteiger partial charge in [-0.2, -0.15) is 0 Å². The molecule has 3 heteroatoms. The largest absolute Gasteiger partial charge is 0.484 e. The van der Waals surface area contributed by atoms with Crippen LogP contribution in [-0.2, 0) is 4.79 Å². The van der Waals surface area contributed by atoms with Crippen LogP contribution < -0.4 is 4.74 Å². The Morgan fingerprint density at radius 2 is 1.84 bits per heavy atom. The molecule has 0 saturated carbocycles. The van der Waals surface area contributed by atoms with E-state index in [1.54, 1.807) is 6.07 Å². The number of carbonyl (C=O) groups excluding carboxylic acids is 2. The first kappa shape index (κ1) is 13.3. The van der Waals surface area contributed by atoms with E-state index in [1.165, 1.54) is 6.92 Å². The van der Waals surface area contributed by atoms with Gasteiger partial charge in [0.1, 0.15) is 12.4 Å². The molecule has 0 radical (unpaired) electrons. The first-order valence-corrected chi connectivity index (χ1v) is 6.30. The molecule has 0 spiro atoms. The van der Waals surface area contributed by atoms with Crippen LogP contribution in [0.15, 0.2) is 36.4 Å². The normalized spacial score (nSPS) is 10.4. The van der Waals surface area contributed by atoms with Crippen LogP contribution in [0, 0.1) is 0 Å². The van der Waals surface area contributed by atoms with Gasteiger partial charge in [-0.3, -0.25) is 9.59 Å². The molecule has 0 N–H and O–H groups in total. The van der Waals surface area contributed by atoms with Crippen molar-refractivity contribution in [3.05, 3.63) is 42.0 Å². The fraction of sp³-hybridized carbons (Fsp3) is 0.250. The van der Waals surface area contributed by atoms with Crippen molar-refractivity contribution in [2.24, 2.45) is 0 Å². The van der Waals surface area contributed by atoms with Gasteiger partial charge in [0.05, 0.1) is 5.56 Å². The van der Waals surface area contributed by atoms with Crippen LogP contribution in [0.25, 0.3) is 10.8 Å². The van der Waals surface area contributed by atoms with E-state index in [0.717, 1.165) is 10.8 Å². The molecule has 0 aliphatic carbocycles. The number of rotatable bonds is 5. The van der Waals surface area contributed by atoms with Crippen molar-refractivity contribution in [2.75, 3.05) is 6.61 Å². The number of fused-ring (bicyclic) bond motifs is 1. The molecule has 0 unspecified atom stereocenters. The standard InChI is InChI=1S/C16H16O3/c1-3-15(18)14-9-8-12-6-4-5-7-13(12)16(14)19-10-11(2)17/h4-9H,3,10H2,1-2H3. The van der Waals surface area contributed by atoms with E-state index >= 15 is 0 Å². The van der Waals surface area contributed by atoms with Gasteiger partial charge in [-0.05, 0) is 18.4 Å². The Bertz CT molecular complexity index is 629. The quantitative estimate of drug-likeness (QED) is 0.770. The van der Waals surface area contributed by atoms with Gasteiger partial charge in [0.15, 0.2) is 11.6 Å². The van der Waals surface area contributed by atoms with Crippen molar-refractivity contribution in [3.8, 4) is 5.75 Å². The van der Waals surface area contributed by atoms with Crippen LogP contribution in [0.1, 0.15) is 30.6 Å². The molecular weight excluding hydrogens is 240 g/mol. The van der Waals surface area contributed by atoms with Gasteiger partial charge in [0, 0.05) is 11.8 Å². The Kier molecular flexibility index (Phi) is 3.95. The highest BCUT2D eigenvalue weighted by molar-refractivity contribution is 6.04. The molecule has 0 aromatic heterocycles. The van der Waals surface area contributed by atoms with Crippen molar-refractivity contribution in [3.63, 3.8) is 0 Å². The van der Waals surface area contributed by atoms with Gasteiger partial charge < -0.3 is 4.74 Å². The van der Waals surface area contributed by atoms with E-state index in [9.17, 15) is 9.59 Å². The van der Waals surface area contributed by atoms with Gasteiger partial charge in [0.25, 0.3) is 0 Å². The third kappa shape index (κ3) is 2.81. The summed E-state index contributed by atoms with van der Waals surface area (Å²) in [6.45, 7) is 3.26. The predicted molar refractivity (Wildman–Crippen MR) is 74.7 cm³/mol. The lowest BCUT2D eigenvalue weighted by Crippen LogP contribution is -2.10. The zero-order chi connectivity index (χ0) is 13.8. The van der Waals surface area contributed by atoms with Crippen LogP contribution in [0.3, 0.4) is 0 Å². The molecule has 0 heterocycles. The van der Waals surface area contributed by atoms with E-state index < -0.39 is 0 Å². The third-order valence-electron chi connectivity index (χ3n) is 2.92. The number of hydrogen-bond acceptors (Lipinski definition) is 3. The summed E-state index contributed by atoms with van der Waals surface area (Å²) in [5, 5.41) is 1.86. The molecule has 98 valence electrons. The smallest absolute Gasteiger partial charge is 0.167 e. The summed E-state index contributed by atoms with van der Waals surface area (Å²) >= 11 is 0. The molecular formula is C16H16O3. The van der Waals surface area contributed by atoms with Crippen LogP contribution in [0.5, 0.6) is 5.75 Å².